The number of ether oxygens (including phenoxy) is 4. The molecule has 0 saturated heterocycles. The average Bonchev–Trinajstić information content (AvgIpc) is 3.71. The minimum atomic E-state index is -0.788. The lowest BCUT2D eigenvalue weighted by Gasteiger charge is -2.24. The Bertz CT molecular complexity index is 1890. The molecule has 6 rings (SSSR count). The van der Waals surface area contributed by atoms with Crippen LogP contribution >= 0.6 is 11.3 Å². The molecule has 0 fully saturated rings. The second-order valence-corrected chi connectivity index (χ2v) is 10.2. The summed E-state index contributed by atoms with van der Waals surface area (Å²) in [4.78, 5) is 32.0. The first-order valence-electron chi connectivity index (χ1n) is 12.7. The van der Waals surface area contributed by atoms with E-state index in [1.807, 2.05) is 0 Å². The lowest BCUT2D eigenvalue weighted by molar-refractivity contribution is -0.497. The molecule has 0 radical (unpaired) electrons. The Kier molecular flexibility index (Phi) is 8.00. The number of benzene rings is 2. The number of fused-ring (bicyclic) bond motifs is 2. The molecule has 4 N–H and O–H groups in total. The Balaban J connectivity index is 0.00000353. The van der Waals surface area contributed by atoms with Gasteiger partial charge in [-0.05, 0) is 49.7 Å². The summed E-state index contributed by atoms with van der Waals surface area (Å²) in [6.45, 7) is 3.72. The molecular weight excluding hydrogens is 566 g/mol. The monoisotopic (exact) mass is 593 g/mol. The largest absolute Gasteiger partial charge is 0.630 e. The van der Waals surface area contributed by atoms with E-state index in [0.29, 0.717) is 60.6 Å². The molecule has 218 valence electrons. The van der Waals surface area contributed by atoms with Crippen LogP contribution in [0.4, 0.5) is 5.69 Å². The first kappa shape index (κ1) is 28.8. The number of nitrogens with zero attached hydrogens (tertiary/aromatic N) is 2. The highest BCUT2D eigenvalue weighted by Crippen LogP contribution is 2.38. The Hall–Kier alpha value is -4.69. The molecule has 0 spiro atoms. The van der Waals surface area contributed by atoms with Gasteiger partial charge in [0.25, 0.3) is 5.56 Å². The molecular formula is C29H27N3O9S. The lowest BCUT2D eigenvalue weighted by atomic mass is 9.95. The van der Waals surface area contributed by atoms with Gasteiger partial charge in [-0.1, -0.05) is 17.4 Å². The SMILES string of the molecule is CCOC(=O)C1=C(C)N=c2s/c(=C\c3ccc(-c4cc([NH2+][O-])ccc4OC)o3)c(=O)n2C1c1ccc2c(c1)OCO2.O. The molecule has 0 aliphatic carbocycles. The maximum Gasteiger partial charge on any atom is 0.338 e. The minimum absolute atomic E-state index is 0. The third kappa shape index (κ3) is 4.99. The molecule has 0 bridgehead atoms. The van der Waals surface area contributed by atoms with Crippen molar-refractivity contribution < 1.29 is 39.1 Å². The van der Waals surface area contributed by atoms with Gasteiger partial charge in [0.05, 0.1) is 41.1 Å². The third-order valence-electron chi connectivity index (χ3n) is 6.75. The number of methoxy groups -OCH3 is 1. The number of furan rings is 1. The molecule has 2 aliphatic rings. The summed E-state index contributed by atoms with van der Waals surface area (Å²) in [5.41, 5.74) is 2.87. The van der Waals surface area contributed by atoms with Gasteiger partial charge in [0.15, 0.2) is 16.3 Å². The van der Waals surface area contributed by atoms with Crippen LogP contribution in [0.5, 0.6) is 17.2 Å². The summed E-state index contributed by atoms with van der Waals surface area (Å²) < 4.78 is 29.7. The quantitative estimate of drug-likeness (QED) is 0.191. The van der Waals surface area contributed by atoms with Crippen LogP contribution in [0.25, 0.3) is 17.4 Å². The van der Waals surface area contributed by atoms with Gasteiger partial charge < -0.3 is 39.5 Å². The van der Waals surface area contributed by atoms with Crippen LogP contribution in [0.1, 0.15) is 31.2 Å². The molecule has 2 aliphatic heterocycles. The molecule has 0 amide bonds. The van der Waals surface area contributed by atoms with E-state index in [-0.39, 0.29) is 30.0 Å². The summed E-state index contributed by atoms with van der Waals surface area (Å²) in [7, 11) is 1.53. The van der Waals surface area contributed by atoms with Crippen LogP contribution in [0.15, 0.2) is 74.0 Å². The highest BCUT2D eigenvalue weighted by Gasteiger charge is 2.34. The summed E-state index contributed by atoms with van der Waals surface area (Å²) in [6, 6.07) is 13.0. The predicted molar refractivity (Wildman–Crippen MR) is 152 cm³/mol. The van der Waals surface area contributed by atoms with Gasteiger partial charge in [0.1, 0.15) is 23.0 Å². The molecule has 2 aromatic carbocycles. The van der Waals surface area contributed by atoms with E-state index in [9.17, 15) is 14.8 Å². The van der Waals surface area contributed by atoms with Crippen LogP contribution in [-0.4, -0.2) is 36.5 Å². The molecule has 12 nitrogen and oxygen atoms in total. The maximum atomic E-state index is 13.9. The van der Waals surface area contributed by atoms with Gasteiger partial charge in [-0.15, -0.1) is 0 Å². The second-order valence-electron chi connectivity index (χ2n) is 9.19. The number of carbonyl (C=O) groups excluding carboxylic acids is 1. The van der Waals surface area contributed by atoms with Gasteiger partial charge in [0.2, 0.25) is 6.79 Å². The fourth-order valence-electron chi connectivity index (χ4n) is 4.89. The number of rotatable bonds is 7. The molecule has 0 saturated carbocycles. The van der Waals surface area contributed by atoms with Crippen molar-refractivity contribution in [3.05, 3.63) is 96.0 Å². The van der Waals surface area contributed by atoms with Crippen LogP contribution in [0.2, 0.25) is 0 Å². The van der Waals surface area contributed by atoms with Crippen LogP contribution in [0, 0.1) is 5.21 Å². The number of aromatic nitrogens is 1. The topological polar surface area (TPSA) is 173 Å². The van der Waals surface area contributed by atoms with Crippen LogP contribution in [0.3, 0.4) is 0 Å². The van der Waals surface area contributed by atoms with E-state index in [1.54, 1.807) is 68.5 Å². The summed E-state index contributed by atoms with van der Waals surface area (Å²) in [6.07, 6.45) is 1.63. The normalized spacial score (nSPS) is 15.6. The number of thiazole rings is 1. The maximum absolute atomic E-state index is 13.9. The van der Waals surface area contributed by atoms with Gasteiger partial charge in [0, 0.05) is 18.2 Å². The van der Waals surface area contributed by atoms with E-state index in [0.717, 1.165) is 5.48 Å². The predicted octanol–water partition coefficient (Wildman–Crippen LogP) is 1.66. The first-order valence-corrected chi connectivity index (χ1v) is 13.6. The summed E-state index contributed by atoms with van der Waals surface area (Å²) in [5, 5.41) is 11.3. The van der Waals surface area contributed by atoms with Crippen molar-refractivity contribution in [3.8, 4) is 28.6 Å². The van der Waals surface area contributed by atoms with Crippen LogP contribution < -0.4 is 34.6 Å². The second kappa shape index (κ2) is 11.7. The molecule has 2 aromatic heterocycles. The van der Waals surface area contributed by atoms with Crippen molar-refractivity contribution in [1.29, 1.82) is 0 Å². The fraction of sp³-hybridized carbons (Fsp3) is 0.207. The van der Waals surface area contributed by atoms with E-state index < -0.39 is 12.0 Å². The first-order chi connectivity index (χ1) is 19.9. The number of carbonyl (C=O) groups is 1. The third-order valence-corrected chi connectivity index (χ3v) is 7.74. The van der Waals surface area contributed by atoms with Crippen molar-refractivity contribution in [3.63, 3.8) is 0 Å². The molecule has 4 aromatic rings. The Labute approximate surface area is 242 Å². The zero-order chi connectivity index (χ0) is 28.7. The van der Waals surface area contributed by atoms with Crippen molar-refractivity contribution >= 4 is 29.1 Å². The molecule has 1 atom stereocenters. The lowest BCUT2D eigenvalue weighted by Crippen LogP contribution is -2.70. The Morgan fingerprint density at radius 2 is 2.00 bits per heavy atom. The van der Waals surface area contributed by atoms with E-state index in [1.165, 1.54) is 23.0 Å². The fourth-order valence-corrected chi connectivity index (χ4v) is 5.91. The highest BCUT2D eigenvalue weighted by molar-refractivity contribution is 7.07. The Morgan fingerprint density at radius 3 is 2.76 bits per heavy atom. The number of quaternary nitrogens is 1. The minimum Gasteiger partial charge on any atom is -0.630 e. The highest BCUT2D eigenvalue weighted by atomic mass is 32.1. The number of esters is 1. The van der Waals surface area contributed by atoms with Crippen molar-refractivity contribution in [2.45, 2.75) is 19.9 Å². The number of nitrogens with two attached hydrogens (primary N) is 1. The van der Waals surface area contributed by atoms with E-state index >= 15 is 0 Å². The standard InChI is InChI=1S/C29H25N3O8S.H2O/c1-4-37-28(34)25-15(2)30-29-32(26(25)16-5-8-22-23(11-16)39-14-38-22)27(33)24(41-29)13-18-7-10-21(40-18)19-12-17(31-35)6-9-20(19)36-3;/h5-13,26H,4,14,31H2,1-3H3;1H2/b24-13-;. The number of allylic oxidation sites excluding steroid dienone is 1. The molecule has 1 unspecified atom stereocenters. The molecule has 13 heteroatoms. The van der Waals surface area contributed by atoms with E-state index in [2.05, 4.69) is 4.99 Å². The molecule has 42 heavy (non-hydrogen) atoms. The van der Waals surface area contributed by atoms with Gasteiger partial charge in [-0.2, -0.15) is 0 Å². The van der Waals surface area contributed by atoms with Gasteiger partial charge >= 0.3 is 5.97 Å². The van der Waals surface area contributed by atoms with Crippen LogP contribution in [-0.2, 0) is 9.53 Å². The zero-order valence-electron chi connectivity index (χ0n) is 22.8. The summed E-state index contributed by atoms with van der Waals surface area (Å²) in [5.74, 6) is 2.01. The zero-order valence-corrected chi connectivity index (χ0v) is 23.7. The van der Waals surface area contributed by atoms with Gasteiger partial charge in [-0.3, -0.25) is 9.36 Å². The van der Waals surface area contributed by atoms with Crippen molar-refractivity contribution in [1.82, 2.24) is 4.57 Å². The smallest absolute Gasteiger partial charge is 0.338 e. The Morgan fingerprint density at radius 1 is 1.19 bits per heavy atom. The average molecular weight is 594 g/mol. The van der Waals surface area contributed by atoms with Crippen molar-refractivity contribution in [2.24, 2.45) is 4.99 Å². The van der Waals surface area contributed by atoms with Crippen molar-refractivity contribution in [2.75, 3.05) is 20.5 Å². The summed E-state index contributed by atoms with van der Waals surface area (Å²) >= 11 is 1.19. The number of hydrogen-bond acceptors (Lipinski definition) is 10. The van der Waals surface area contributed by atoms with Gasteiger partial charge in [-0.25, -0.2) is 9.79 Å². The molecule has 4 heterocycles. The number of hydrogen-bond donors (Lipinski definition) is 1. The van der Waals surface area contributed by atoms with E-state index in [4.69, 9.17) is 23.4 Å².